The quantitative estimate of drug-likeness (QED) is 0.834. The number of aromatic nitrogens is 1. The molecule has 1 saturated heterocycles. The van der Waals surface area contributed by atoms with Crippen LogP contribution >= 0.6 is 36.4 Å². The average molecular weight is 409 g/mol. The molecule has 0 spiro atoms. The summed E-state index contributed by atoms with van der Waals surface area (Å²) in [5.74, 6) is 1.27. The molecule has 0 saturated carbocycles. The van der Waals surface area contributed by atoms with Crippen molar-refractivity contribution in [2.24, 2.45) is 5.92 Å². The van der Waals surface area contributed by atoms with E-state index in [2.05, 4.69) is 10.3 Å². The lowest BCUT2D eigenvalue weighted by Gasteiger charge is -2.32. The van der Waals surface area contributed by atoms with Crippen LogP contribution in [0.2, 0.25) is 5.02 Å². The van der Waals surface area contributed by atoms with Crippen molar-refractivity contribution in [2.75, 3.05) is 26.7 Å². The van der Waals surface area contributed by atoms with Crippen LogP contribution in [-0.4, -0.2) is 42.5 Å². The van der Waals surface area contributed by atoms with Crippen LogP contribution in [0.15, 0.2) is 22.6 Å². The summed E-state index contributed by atoms with van der Waals surface area (Å²) in [6, 6.07) is 5.48. The van der Waals surface area contributed by atoms with Gasteiger partial charge in [-0.2, -0.15) is 0 Å². The molecular formula is C17H24Cl3N3O2. The van der Waals surface area contributed by atoms with E-state index < -0.39 is 0 Å². The molecule has 8 heteroatoms. The summed E-state index contributed by atoms with van der Waals surface area (Å²) in [6.45, 7) is 4.20. The summed E-state index contributed by atoms with van der Waals surface area (Å²) in [5, 5.41) is 3.72. The van der Waals surface area contributed by atoms with Gasteiger partial charge < -0.3 is 14.6 Å². The molecule has 0 radical (unpaired) electrons. The number of benzene rings is 1. The zero-order chi connectivity index (χ0) is 16.4. The number of nitrogens with one attached hydrogen (secondary N) is 1. The smallest absolute Gasteiger partial charge is 0.226 e. The Labute approximate surface area is 165 Å². The molecule has 0 bridgehead atoms. The average Bonchev–Trinajstić information content (AvgIpc) is 2.97. The van der Waals surface area contributed by atoms with Crippen LogP contribution in [0.5, 0.6) is 0 Å². The minimum atomic E-state index is 0. The molecule has 1 atom stereocenters. The number of carbonyl (C=O) groups is 1. The topological polar surface area (TPSA) is 58.4 Å². The first-order valence-electron chi connectivity index (χ1n) is 8.08. The Balaban J connectivity index is 0.00000156. The van der Waals surface area contributed by atoms with Crippen molar-refractivity contribution < 1.29 is 9.21 Å². The van der Waals surface area contributed by atoms with E-state index in [-0.39, 0.29) is 42.6 Å². The van der Waals surface area contributed by atoms with Gasteiger partial charge in [-0.3, -0.25) is 4.79 Å². The van der Waals surface area contributed by atoms with E-state index in [1.807, 2.05) is 37.1 Å². The number of piperidine rings is 1. The first kappa shape index (κ1) is 22.0. The lowest BCUT2D eigenvalue weighted by Crippen LogP contribution is -2.42. The van der Waals surface area contributed by atoms with Gasteiger partial charge in [0.1, 0.15) is 5.52 Å². The largest absolute Gasteiger partial charge is 0.440 e. The highest BCUT2D eigenvalue weighted by Crippen LogP contribution is 2.31. The van der Waals surface area contributed by atoms with Crippen LogP contribution in [0, 0.1) is 5.92 Å². The maximum absolute atomic E-state index is 12.3. The molecule has 1 aliphatic heterocycles. The first-order valence-corrected chi connectivity index (χ1v) is 8.45. The molecule has 1 unspecified atom stereocenters. The van der Waals surface area contributed by atoms with Gasteiger partial charge in [-0.1, -0.05) is 18.5 Å². The summed E-state index contributed by atoms with van der Waals surface area (Å²) < 4.78 is 5.86. The van der Waals surface area contributed by atoms with Crippen LogP contribution in [-0.2, 0) is 4.79 Å². The Morgan fingerprint density at radius 3 is 2.72 bits per heavy atom. The third-order valence-corrected chi connectivity index (χ3v) is 4.69. The number of rotatable bonds is 4. The van der Waals surface area contributed by atoms with Gasteiger partial charge in [0.15, 0.2) is 11.5 Å². The van der Waals surface area contributed by atoms with Crippen molar-refractivity contribution in [2.45, 2.75) is 25.7 Å². The highest BCUT2D eigenvalue weighted by Gasteiger charge is 2.28. The monoisotopic (exact) mass is 407 g/mol. The van der Waals surface area contributed by atoms with Gasteiger partial charge in [-0.15, -0.1) is 24.8 Å². The molecule has 1 fully saturated rings. The van der Waals surface area contributed by atoms with Crippen LogP contribution in [0.3, 0.4) is 0 Å². The third-order valence-electron chi connectivity index (χ3n) is 4.45. The highest BCUT2D eigenvalue weighted by molar-refractivity contribution is 6.31. The molecule has 5 nitrogen and oxygen atoms in total. The molecule has 1 N–H and O–H groups in total. The zero-order valence-electron chi connectivity index (χ0n) is 14.3. The van der Waals surface area contributed by atoms with Gasteiger partial charge >= 0.3 is 0 Å². The van der Waals surface area contributed by atoms with Crippen molar-refractivity contribution in [1.82, 2.24) is 15.2 Å². The fourth-order valence-electron chi connectivity index (χ4n) is 3.15. The van der Waals surface area contributed by atoms with Gasteiger partial charge in [0.05, 0.1) is 0 Å². The fraction of sp³-hybridized carbons (Fsp3) is 0.529. The lowest BCUT2D eigenvalue weighted by atomic mass is 9.95. The molecule has 3 rings (SSSR count). The summed E-state index contributed by atoms with van der Waals surface area (Å²) in [7, 11) is 1.87. The van der Waals surface area contributed by atoms with Crippen LogP contribution in [0.4, 0.5) is 0 Å². The predicted octanol–water partition coefficient (Wildman–Crippen LogP) is 3.89. The molecule has 25 heavy (non-hydrogen) atoms. The Hall–Kier alpha value is -1.01. The minimum Gasteiger partial charge on any atom is -0.440 e. The van der Waals surface area contributed by atoms with Gasteiger partial charge in [0.2, 0.25) is 5.91 Å². The summed E-state index contributed by atoms with van der Waals surface area (Å²) in [4.78, 5) is 18.9. The minimum absolute atomic E-state index is 0. The third kappa shape index (κ3) is 5.00. The van der Waals surface area contributed by atoms with Crippen LogP contribution in [0.1, 0.15) is 31.6 Å². The molecular weight excluding hydrogens is 385 g/mol. The van der Waals surface area contributed by atoms with E-state index in [9.17, 15) is 4.79 Å². The number of amides is 1. The Kier molecular flexibility index (Phi) is 8.48. The standard InChI is InChI=1S/C17H22ClN3O2.2ClH/c1-11(10-19-2)17(22)21-7-5-12(6-8-21)16-20-14-9-13(18)3-4-15(14)23-16;;/h3-4,9,11-12,19H,5-8,10H2,1-2H3;2*1H. The maximum Gasteiger partial charge on any atom is 0.226 e. The van der Waals surface area contributed by atoms with Crippen LogP contribution in [0.25, 0.3) is 11.1 Å². The van der Waals surface area contributed by atoms with Gasteiger partial charge in [-0.05, 0) is 38.1 Å². The molecule has 1 aliphatic rings. The van der Waals surface area contributed by atoms with E-state index in [4.69, 9.17) is 16.0 Å². The number of hydrogen-bond donors (Lipinski definition) is 1. The number of nitrogens with zero attached hydrogens (tertiary/aromatic N) is 2. The highest BCUT2D eigenvalue weighted by atomic mass is 35.5. The molecule has 1 aromatic heterocycles. The predicted molar refractivity (Wildman–Crippen MR) is 105 cm³/mol. The van der Waals surface area contributed by atoms with Crippen molar-refractivity contribution >= 4 is 53.4 Å². The van der Waals surface area contributed by atoms with Crippen molar-refractivity contribution in [3.63, 3.8) is 0 Å². The molecule has 140 valence electrons. The van der Waals surface area contributed by atoms with E-state index in [0.717, 1.165) is 42.9 Å². The molecule has 1 amide bonds. The Bertz CT molecular complexity index is 700. The molecule has 0 aliphatic carbocycles. The number of fused-ring (bicyclic) bond motifs is 1. The Morgan fingerprint density at radius 1 is 1.40 bits per heavy atom. The van der Waals surface area contributed by atoms with E-state index in [0.29, 0.717) is 11.6 Å². The fourth-order valence-corrected chi connectivity index (χ4v) is 3.31. The normalized spacial score (nSPS) is 16.2. The van der Waals surface area contributed by atoms with Gasteiger partial charge in [0.25, 0.3) is 0 Å². The summed E-state index contributed by atoms with van der Waals surface area (Å²) >= 11 is 5.99. The molecule has 2 heterocycles. The van der Waals surface area contributed by atoms with E-state index in [1.165, 1.54) is 0 Å². The van der Waals surface area contributed by atoms with Crippen molar-refractivity contribution in [3.8, 4) is 0 Å². The van der Waals surface area contributed by atoms with Crippen molar-refractivity contribution in [1.29, 1.82) is 0 Å². The number of hydrogen-bond acceptors (Lipinski definition) is 4. The second-order valence-corrected chi connectivity index (χ2v) is 6.66. The second-order valence-electron chi connectivity index (χ2n) is 6.22. The summed E-state index contributed by atoms with van der Waals surface area (Å²) in [6.07, 6.45) is 1.77. The SMILES string of the molecule is CNCC(C)C(=O)N1CCC(c2nc3cc(Cl)ccc3o2)CC1.Cl.Cl. The van der Waals surface area contributed by atoms with Crippen molar-refractivity contribution in [3.05, 3.63) is 29.1 Å². The number of carbonyl (C=O) groups excluding carboxylic acids is 1. The molecule has 2 aromatic rings. The number of likely N-dealkylation sites (tertiary alicyclic amines) is 1. The first-order chi connectivity index (χ1) is 11.1. The van der Waals surface area contributed by atoms with E-state index >= 15 is 0 Å². The maximum atomic E-state index is 12.3. The zero-order valence-corrected chi connectivity index (χ0v) is 16.7. The van der Waals surface area contributed by atoms with Gasteiger partial charge in [-0.25, -0.2) is 4.98 Å². The molecule has 1 aromatic carbocycles. The number of halogens is 3. The summed E-state index contributed by atoms with van der Waals surface area (Å²) in [5.41, 5.74) is 1.57. The van der Waals surface area contributed by atoms with E-state index in [1.54, 1.807) is 0 Å². The lowest BCUT2D eigenvalue weighted by molar-refractivity contribution is -0.136. The second kappa shape index (κ2) is 9.62. The van der Waals surface area contributed by atoms with Crippen LogP contribution < -0.4 is 5.32 Å². The van der Waals surface area contributed by atoms with Gasteiger partial charge in [0, 0.05) is 36.5 Å². The number of oxazole rings is 1. The Morgan fingerprint density at radius 2 is 2.08 bits per heavy atom.